The molecule has 128 valence electrons. The van der Waals surface area contributed by atoms with Crippen LogP contribution < -0.4 is 10.2 Å². The summed E-state index contributed by atoms with van der Waals surface area (Å²) >= 11 is 0. The summed E-state index contributed by atoms with van der Waals surface area (Å²) in [5.74, 6) is 1.98. The van der Waals surface area contributed by atoms with Crippen LogP contribution in [0.3, 0.4) is 0 Å². The van der Waals surface area contributed by atoms with Crippen LogP contribution in [0.5, 0.6) is 0 Å². The number of amides is 1. The molecular weight excluding hydrogens is 310 g/mol. The van der Waals surface area contributed by atoms with Gasteiger partial charge in [0.15, 0.2) is 0 Å². The van der Waals surface area contributed by atoms with Crippen molar-refractivity contribution in [2.75, 3.05) is 16.8 Å². The molecule has 24 heavy (non-hydrogen) atoms. The van der Waals surface area contributed by atoms with E-state index in [2.05, 4.69) is 39.2 Å². The number of cyclic esters (lactones) is 1. The SMILES string of the molecule is CC(C)C1COC(=O)N1c1ccnc(N[C@H](C)c2ncnn2C)n1. The summed E-state index contributed by atoms with van der Waals surface area (Å²) in [4.78, 5) is 26.5. The summed E-state index contributed by atoms with van der Waals surface area (Å²) in [6, 6.07) is 1.55. The van der Waals surface area contributed by atoms with E-state index in [4.69, 9.17) is 4.74 Å². The van der Waals surface area contributed by atoms with Crippen LogP contribution in [0.25, 0.3) is 0 Å². The Morgan fingerprint density at radius 1 is 1.33 bits per heavy atom. The minimum atomic E-state index is -0.375. The fraction of sp³-hybridized carbons (Fsp3) is 0.533. The van der Waals surface area contributed by atoms with E-state index in [1.54, 1.807) is 21.8 Å². The van der Waals surface area contributed by atoms with Crippen LogP contribution in [0, 0.1) is 5.92 Å². The normalized spacial score (nSPS) is 18.8. The van der Waals surface area contributed by atoms with Gasteiger partial charge in [0.1, 0.15) is 24.6 Å². The molecule has 9 heteroatoms. The maximum Gasteiger partial charge on any atom is 0.415 e. The second-order valence-corrected chi connectivity index (χ2v) is 6.10. The minimum absolute atomic E-state index is 0.0311. The standard InChI is InChI=1S/C15H21N7O2/c1-9(2)11-7-24-15(23)22(11)12-5-6-16-14(20-12)19-10(3)13-17-8-18-21(13)4/h5-6,8-11H,7H2,1-4H3,(H,16,19,20)/t10-,11?/m1/s1. The number of hydrogen-bond donors (Lipinski definition) is 1. The maximum atomic E-state index is 12.1. The first-order valence-corrected chi connectivity index (χ1v) is 7.87. The molecule has 1 unspecified atom stereocenters. The van der Waals surface area contributed by atoms with Gasteiger partial charge in [0.2, 0.25) is 5.95 Å². The molecule has 2 aromatic heterocycles. The highest BCUT2D eigenvalue weighted by molar-refractivity contribution is 5.89. The zero-order chi connectivity index (χ0) is 17.3. The number of aryl methyl sites for hydroxylation is 1. The van der Waals surface area contributed by atoms with Gasteiger partial charge in [-0.1, -0.05) is 13.8 Å². The van der Waals surface area contributed by atoms with Crippen molar-refractivity contribution in [3.63, 3.8) is 0 Å². The second-order valence-electron chi connectivity index (χ2n) is 6.10. The van der Waals surface area contributed by atoms with E-state index in [0.29, 0.717) is 18.4 Å². The van der Waals surface area contributed by atoms with E-state index in [1.165, 1.54) is 6.33 Å². The van der Waals surface area contributed by atoms with Gasteiger partial charge in [0.25, 0.3) is 0 Å². The number of nitrogens with zero attached hydrogens (tertiary/aromatic N) is 6. The predicted molar refractivity (Wildman–Crippen MR) is 87.5 cm³/mol. The lowest BCUT2D eigenvalue weighted by atomic mass is 10.0. The van der Waals surface area contributed by atoms with E-state index in [-0.39, 0.29) is 24.1 Å². The molecule has 0 radical (unpaired) electrons. The van der Waals surface area contributed by atoms with Crippen molar-refractivity contribution < 1.29 is 9.53 Å². The summed E-state index contributed by atoms with van der Waals surface area (Å²) in [5, 5.41) is 7.24. The molecule has 2 aromatic rings. The van der Waals surface area contributed by atoms with Crippen LogP contribution in [-0.2, 0) is 11.8 Å². The van der Waals surface area contributed by atoms with Crippen molar-refractivity contribution in [1.29, 1.82) is 0 Å². The monoisotopic (exact) mass is 331 g/mol. The van der Waals surface area contributed by atoms with Crippen molar-refractivity contribution in [2.45, 2.75) is 32.9 Å². The van der Waals surface area contributed by atoms with E-state index < -0.39 is 0 Å². The Kier molecular flexibility index (Phi) is 4.32. The van der Waals surface area contributed by atoms with Gasteiger partial charge >= 0.3 is 6.09 Å². The average Bonchev–Trinajstić information content (AvgIpc) is 3.13. The molecule has 0 bridgehead atoms. The lowest BCUT2D eigenvalue weighted by Gasteiger charge is -2.23. The van der Waals surface area contributed by atoms with Crippen molar-refractivity contribution in [1.82, 2.24) is 24.7 Å². The Hall–Kier alpha value is -2.71. The van der Waals surface area contributed by atoms with Gasteiger partial charge in [0, 0.05) is 13.2 Å². The van der Waals surface area contributed by atoms with Crippen molar-refractivity contribution in [2.24, 2.45) is 13.0 Å². The third-order valence-corrected chi connectivity index (χ3v) is 4.04. The number of rotatable bonds is 5. The van der Waals surface area contributed by atoms with E-state index in [1.807, 2.05) is 14.0 Å². The van der Waals surface area contributed by atoms with Gasteiger partial charge in [0.05, 0.1) is 12.1 Å². The number of hydrogen-bond acceptors (Lipinski definition) is 7. The third-order valence-electron chi connectivity index (χ3n) is 4.04. The number of aromatic nitrogens is 5. The number of carbonyl (C=O) groups is 1. The minimum Gasteiger partial charge on any atom is -0.447 e. The average molecular weight is 331 g/mol. The highest BCUT2D eigenvalue weighted by Crippen LogP contribution is 2.26. The van der Waals surface area contributed by atoms with Gasteiger partial charge in [-0.2, -0.15) is 10.1 Å². The number of ether oxygens (including phenoxy) is 1. The molecule has 1 N–H and O–H groups in total. The van der Waals surface area contributed by atoms with Crippen LogP contribution in [-0.4, -0.2) is 43.5 Å². The molecule has 3 heterocycles. The topological polar surface area (TPSA) is 98.1 Å². The molecule has 0 aliphatic carbocycles. The van der Waals surface area contributed by atoms with Crippen LogP contribution in [0.4, 0.5) is 16.6 Å². The Morgan fingerprint density at radius 3 is 2.79 bits per heavy atom. The fourth-order valence-electron chi connectivity index (χ4n) is 2.70. The molecule has 0 spiro atoms. The zero-order valence-electron chi connectivity index (χ0n) is 14.2. The van der Waals surface area contributed by atoms with Crippen molar-refractivity contribution in [3.8, 4) is 0 Å². The summed E-state index contributed by atoms with van der Waals surface area (Å²) in [6.07, 6.45) is 2.75. The van der Waals surface area contributed by atoms with Crippen molar-refractivity contribution >= 4 is 17.9 Å². The molecular formula is C15H21N7O2. The van der Waals surface area contributed by atoms with Crippen LogP contribution in [0.1, 0.15) is 32.6 Å². The van der Waals surface area contributed by atoms with E-state index >= 15 is 0 Å². The maximum absolute atomic E-state index is 12.1. The first-order chi connectivity index (χ1) is 11.5. The first-order valence-electron chi connectivity index (χ1n) is 7.87. The summed E-state index contributed by atoms with van der Waals surface area (Å²) in [5.41, 5.74) is 0. The molecule has 1 saturated heterocycles. The zero-order valence-corrected chi connectivity index (χ0v) is 14.2. The highest BCUT2D eigenvalue weighted by Gasteiger charge is 2.37. The summed E-state index contributed by atoms with van der Waals surface area (Å²) in [6.45, 7) is 6.42. The van der Waals surface area contributed by atoms with Crippen molar-refractivity contribution in [3.05, 3.63) is 24.4 Å². The largest absolute Gasteiger partial charge is 0.447 e. The molecule has 0 aromatic carbocycles. The molecule has 9 nitrogen and oxygen atoms in total. The Morgan fingerprint density at radius 2 is 2.12 bits per heavy atom. The molecule has 1 aliphatic heterocycles. The van der Waals surface area contributed by atoms with Gasteiger partial charge < -0.3 is 10.1 Å². The molecule has 1 amide bonds. The molecule has 2 atom stereocenters. The number of carbonyl (C=O) groups excluding carboxylic acids is 1. The molecule has 3 rings (SSSR count). The second kappa shape index (κ2) is 6.42. The third kappa shape index (κ3) is 3.01. The summed E-state index contributed by atoms with van der Waals surface area (Å²) in [7, 11) is 1.82. The smallest absolute Gasteiger partial charge is 0.415 e. The van der Waals surface area contributed by atoms with E-state index in [9.17, 15) is 4.79 Å². The molecule has 1 fully saturated rings. The first kappa shape index (κ1) is 16.2. The highest BCUT2D eigenvalue weighted by atomic mass is 16.6. The molecule has 0 saturated carbocycles. The van der Waals surface area contributed by atoms with Crippen LogP contribution in [0.2, 0.25) is 0 Å². The lowest BCUT2D eigenvalue weighted by Crippen LogP contribution is -2.37. The number of anilines is 2. The van der Waals surface area contributed by atoms with Gasteiger partial charge in [-0.05, 0) is 18.9 Å². The Labute approximate surface area is 140 Å². The Balaban J connectivity index is 1.81. The summed E-state index contributed by atoms with van der Waals surface area (Å²) < 4.78 is 6.86. The molecule has 1 aliphatic rings. The van der Waals surface area contributed by atoms with Crippen LogP contribution in [0.15, 0.2) is 18.6 Å². The van der Waals surface area contributed by atoms with E-state index in [0.717, 1.165) is 5.82 Å². The van der Waals surface area contributed by atoms with Gasteiger partial charge in [-0.25, -0.2) is 14.8 Å². The van der Waals surface area contributed by atoms with Gasteiger partial charge in [-0.15, -0.1) is 0 Å². The quantitative estimate of drug-likeness (QED) is 0.891. The van der Waals surface area contributed by atoms with Gasteiger partial charge in [-0.3, -0.25) is 9.58 Å². The fourth-order valence-corrected chi connectivity index (χ4v) is 2.70. The Bertz CT molecular complexity index is 730. The predicted octanol–water partition coefficient (Wildman–Crippen LogP) is 1.76. The number of nitrogens with one attached hydrogen (secondary N) is 1. The van der Waals surface area contributed by atoms with Crippen LogP contribution >= 0.6 is 0 Å². The lowest BCUT2D eigenvalue weighted by molar-refractivity contribution is 0.177.